The molecule has 60 heavy (non-hydrogen) atoms. The monoisotopic (exact) mass is 851 g/mol. The molecule has 0 aliphatic carbocycles. The first kappa shape index (κ1) is 51.9. The summed E-state index contributed by atoms with van der Waals surface area (Å²) < 4.78 is 0. The Morgan fingerprint density at radius 3 is 1.63 bits per heavy atom. The van der Waals surface area contributed by atoms with E-state index < -0.39 is 139 Å². The summed E-state index contributed by atoms with van der Waals surface area (Å²) in [5.41, 5.74) is 6.33. The third kappa shape index (κ3) is 19.1. The zero-order valence-corrected chi connectivity index (χ0v) is 34.0. The summed E-state index contributed by atoms with van der Waals surface area (Å²) in [7, 11) is 0. The lowest BCUT2D eigenvalue weighted by Gasteiger charge is -2.30. The fourth-order valence-corrected chi connectivity index (χ4v) is 5.59. The highest BCUT2D eigenvalue weighted by Gasteiger charge is 2.36. The molecule has 22 heteroatoms. The van der Waals surface area contributed by atoms with Crippen LogP contribution in [0.25, 0.3) is 0 Å². The summed E-state index contributed by atoms with van der Waals surface area (Å²) in [4.78, 5) is 125. The molecule has 334 valence electrons. The fraction of sp³-hybridized carbons (Fsp3) is 0.579. The summed E-state index contributed by atoms with van der Waals surface area (Å²) in [5.74, 6) is -12.4. The predicted molar refractivity (Wildman–Crippen MR) is 209 cm³/mol. The number of aliphatic hydroxyl groups is 1. The number of hydrogen-bond donors (Lipinski definition) is 12. The highest BCUT2D eigenvalue weighted by atomic mass is 16.4. The smallest absolute Gasteiger partial charge is 0.326 e. The molecule has 1 aromatic carbocycles. The van der Waals surface area contributed by atoms with Crippen molar-refractivity contribution in [3.8, 4) is 0 Å². The molecule has 0 aromatic heterocycles. The quantitative estimate of drug-likeness (QED) is 0.0448. The lowest BCUT2D eigenvalue weighted by molar-refractivity contribution is -0.144. The van der Waals surface area contributed by atoms with E-state index in [1.807, 2.05) is 0 Å². The molecule has 0 radical (unpaired) electrons. The van der Waals surface area contributed by atoms with Gasteiger partial charge in [0.25, 0.3) is 5.91 Å². The summed E-state index contributed by atoms with van der Waals surface area (Å²) in [6.45, 7) is 7.85. The Balaban J connectivity index is 3.32. The molecule has 0 heterocycles. The molecule has 1 rings (SSSR count). The molecular weight excluding hydrogens is 794 g/mol. The van der Waals surface area contributed by atoms with Gasteiger partial charge in [0, 0.05) is 12.8 Å². The molecular formula is C38H57N7O15. The SMILES string of the molecule is CC(C)C[C@H](NC(=O)[C@@H](NC(=O)[C@@H](N)CCC(=O)O)C(C)C)C(=O)N[C@@H](Cc1ccccc1)[C@@H](O)C(=O)N[C@@H](CC(=O)O)C(=O)N[C@@H](C)C(=O)N[C@@H](CCC(=O)O)C(=O)O. The van der Waals surface area contributed by atoms with E-state index in [-0.39, 0.29) is 25.2 Å². The number of carboxylic acids is 4. The molecule has 6 amide bonds. The molecule has 13 N–H and O–H groups in total. The maximum absolute atomic E-state index is 13.9. The van der Waals surface area contributed by atoms with Crippen molar-refractivity contribution >= 4 is 59.3 Å². The Hall–Kier alpha value is -6.16. The van der Waals surface area contributed by atoms with E-state index in [2.05, 4.69) is 31.9 Å². The van der Waals surface area contributed by atoms with Gasteiger partial charge in [-0.3, -0.25) is 43.2 Å². The van der Waals surface area contributed by atoms with Gasteiger partial charge in [-0.15, -0.1) is 0 Å². The number of nitrogens with two attached hydrogens (primary N) is 1. The van der Waals surface area contributed by atoms with E-state index in [4.69, 9.17) is 15.9 Å². The van der Waals surface area contributed by atoms with Crippen LogP contribution in [-0.4, -0.2) is 133 Å². The number of carbonyl (C=O) groups is 10. The van der Waals surface area contributed by atoms with Gasteiger partial charge in [0.15, 0.2) is 6.10 Å². The number of amides is 6. The molecule has 8 atom stereocenters. The van der Waals surface area contributed by atoms with Crippen LogP contribution in [0.5, 0.6) is 0 Å². The van der Waals surface area contributed by atoms with Crippen molar-refractivity contribution < 1.29 is 73.5 Å². The van der Waals surface area contributed by atoms with Crippen LogP contribution in [0.3, 0.4) is 0 Å². The first-order valence-corrected chi connectivity index (χ1v) is 19.1. The van der Waals surface area contributed by atoms with Gasteiger partial charge in [0.05, 0.1) is 18.5 Å². The van der Waals surface area contributed by atoms with Crippen LogP contribution in [0.1, 0.15) is 78.7 Å². The molecule has 0 fully saturated rings. The van der Waals surface area contributed by atoms with Crippen LogP contribution >= 0.6 is 0 Å². The zero-order valence-electron chi connectivity index (χ0n) is 34.0. The number of carbonyl (C=O) groups excluding carboxylic acids is 6. The average molecular weight is 852 g/mol. The van der Waals surface area contributed by atoms with Crippen LogP contribution in [0.15, 0.2) is 30.3 Å². The van der Waals surface area contributed by atoms with Crippen molar-refractivity contribution in [2.45, 2.75) is 128 Å². The molecule has 1 aromatic rings. The van der Waals surface area contributed by atoms with Crippen molar-refractivity contribution in [2.75, 3.05) is 0 Å². The molecule has 0 spiro atoms. The predicted octanol–water partition coefficient (Wildman–Crippen LogP) is -2.16. The minimum atomic E-state index is -2.16. The van der Waals surface area contributed by atoms with Gasteiger partial charge >= 0.3 is 23.9 Å². The van der Waals surface area contributed by atoms with E-state index >= 15 is 0 Å². The first-order valence-electron chi connectivity index (χ1n) is 19.1. The van der Waals surface area contributed by atoms with Gasteiger partial charge in [0.2, 0.25) is 29.5 Å². The molecule has 0 unspecified atom stereocenters. The number of aliphatic carboxylic acids is 4. The molecule has 0 saturated heterocycles. The third-order valence-electron chi connectivity index (χ3n) is 8.89. The highest BCUT2D eigenvalue weighted by Crippen LogP contribution is 2.13. The summed E-state index contributed by atoms with van der Waals surface area (Å²) in [5, 5.41) is 62.0. The number of rotatable bonds is 27. The van der Waals surface area contributed by atoms with Crippen molar-refractivity contribution in [1.82, 2.24) is 31.9 Å². The topological polar surface area (TPSA) is 370 Å². The Bertz CT molecular complexity index is 1690. The number of nitrogens with one attached hydrogen (secondary N) is 6. The van der Waals surface area contributed by atoms with Gasteiger partial charge in [-0.05, 0) is 50.0 Å². The molecule has 0 aliphatic rings. The van der Waals surface area contributed by atoms with Gasteiger partial charge in [-0.25, -0.2) is 4.79 Å². The molecule has 0 saturated carbocycles. The van der Waals surface area contributed by atoms with E-state index in [1.54, 1.807) is 58.0 Å². The Labute approximate surface area is 345 Å². The van der Waals surface area contributed by atoms with E-state index in [9.17, 15) is 63.3 Å². The van der Waals surface area contributed by atoms with Gasteiger partial charge in [0.1, 0.15) is 30.2 Å². The second-order valence-corrected chi connectivity index (χ2v) is 14.9. The van der Waals surface area contributed by atoms with E-state index in [1.165, 1.54) is 0 Å². The third-order valence-corrected chi connectivity index (χ3v) is 8.89. The minimum absolute atomic E-state index is 0.0359. The van der Waals surface area contributed by atoms with Crippen molar-refractivity contribution in [3.63, 3.8) is 0 Å². The van der Waals surface area contributed by atoms with Crippen molar-refractivity contribution in [1.29, 1.82) is 0 Å². The average Bonchev–Trinajstić information content (AvgIpc) is 3.15. The minimum Gasteiger partial charge on any atom is -0.481 e. The lowest BCUT2D eigenvalue weighted by atomic mass is 9.97. The van der Waals surface area contributed by atoms with E-state index in [0.717, 1.165) is 6.92 Å². The van der Waals surface area contributed by atoms with Crippen molar-refractivity contribution in [2.24, 2.45) is 17.6 Å². The van der Waals surface area contributed by atoms with Gasteiger partial charge in [-0.1, -0.05) is 58.0 Å². The summed E-state index contributed by atoms with van der Waals surface area (Å²) >= 11 is 0. The number of hydrogen-bond acceptors (Lipinski definition) is 12. The Morgan fingerprint density at radius 2 is 1.12 bits per heavy atom. The van der Waals surface area contributed by atoms with Crippen LogP contribution in [0, 0.1) is 11.8 Å². The Kier molecular flexibility index (Phi) is 21.9. The van der Waals surface area contributed by atoms with Crippen molar-refractivity contribution in [3.05, 3.63) is 35.9 Å². The second-order valence-electron chi connectivity index (χ2n) is 14.9. The molecule has 22 nitrogen and oxygen atoms in total. The van der Waals surface area contributed by atoms with Crippen LogP contribution in [0.4, 0.5) is 0 Å². The Morgan fingerprint density at radius 1 is 0.583 bits per heavy atom. The first-order chi connectivity index (χ1) is 27.9. The summed E-state index contributed by atoms with van der Waals surface area (Å²) in [6, 6.07) is -2.06. The van der Waals surface area contributed by atoms with Crippen LogP contribution < -0.4 is 37.6 Å². The van der Waals surface area contributed by atoms with Crippen LogP contribution in [0.2, 0.25) is 0 Å². The molecule has 0 bridgehead atoms. The maximum atomic E-state index is 13.9. The standard InChI is InChI=1S/C38H57N7O15/c1-18(2)15-25(43-36(57)30(19(3)4)45-33(54)22(39)11-13-27(46)47)35(56)42-24(16-21-9-7-6-8-10-21)31(52)37(58)44-26(17-29(50)51)34(55)40-20(5)32(53)41-23(38(59)60)12-14-28(48)49/h6-10,18-20,22-26,30-31,52H,11-17,39H2,1-5H3,(H,40,55)(H,41,53)(H,42,56)(H,43,57)(H,44,58)(H,45,54)(H,46,47)(H,48,49)(H,50,51)(H,59,60)/t20-,22-,23-,24-,25-,26-,30-,31+/m0/s1. The van der Waals surface area contributed by atoms with E-state index in [0.29, 0.717) is 5.56 Å². The normalized spacial score (nSPS) is 15.1. The number of carboxylic acid groups (broad SMARTS) is 4. The second kappa shape index (κ2) is 25.4. The van der Waals surface area contributed by atoms with Gasteiger partial charge in [-0.2, -0.15) is 0 Å². The number of aliphatic hydroxyl groups excluding tert-OH is 1. The molecule has 0 aliphatic heterocycles. The zero-order chi connectivity index (χ0) is 45.9. The van der Waals surface area contributed by atoms with Gasteiger partial charge < -0.3 is 63.2 Å². The highest BCUT2D eigenvalue weighted by molar-refractivity contribution is 5.96. The fourth-order valence-electron chi connectivity index (χ4n) is 5.59. The number of benzene rings is 1. The summed E-state index contributed by atoms with van der Waals surface area (Å²) in [6.07, 6.45) is -5.04. The lowest BCUT2D eigenvalue weighted by Crippen LogP contribution is -2.61. The maximum Gasteiger partial charge on any atom is 0.326 e. The largest absolute Gasteiger partial charge is 0.481 e. The van der Waals surface area contributed by atoms with Crippen LogP contribution in [-0.2, 0) is 54.4 Å².